The fraction of sp³-hybridized carbons (Fsp3) is 0.462. The number of halogens is 2. The van der Waals surface area contributed by atoms with Crippen LogP contribution >= 0.6 is 24.0 Å². The van der Waals surface area contributed by atoms with Crippen molar-refractivity contribution in [2.45, 2.75) is 19.9 Å². The minimum Gasteiger partial charge on any atom is -0.484 e. The van der Waals surface area contributed by atoms with Crippen molar-refractivity contribution in [3.63, 3.8) is 0 Å². The second-order valence-corrected chi connectivity index (χ2v) is 4.44. The number of carbonyl (C=O) groups is 1. The quantitative estimate of drug-likeness (QED) is 0.812. The molecular weight excluding hydrogens is 287 g/mol. The van der Waals surface area contributed by atoms with Gasteiger partial charge in [0.1, 0.15) is 5.75 Å². The Bertz CT molecular complexity index is 371. The molecule has 1 rings (SSSR count). The minimum atomic E-state index is -0.130. The Morgan fingerprint density at radius 3 is 2.58 bits per heavy atom. The zero-order chi connectivity index (χ0) is 13.4. The van der Waals surface area contributed by atoms with Gasteiger partial charge in [0, 0.05) is 17.6 Å². The zero-order valence-electron chi connectivity index (χ0n) is 11.1. The first-order valence-corrected chi connectivity index (χ1v) is 6.38. The molecule has 0 saturated heterocycles. The third-order valence-corrected chi connectivity index (χ3v) is 2.59. The molecule has 2 N–H and O–H groups in total. The predicted molar refractivity (Wildman–Crippen MR) is 80.3 cm³/mol. The molecule has 1 aromatic rings. The largest absolute Gasteiger partial charge is 0.484 e. The SMILES string of the molecule is CCN[C@H](C)CNC(=O)COc1ccc(Cl)cc1.Cl. The van der Waals surface area contributed by atoms with Crippen LogP contribution in [-0.4, -0.2) is 31.6 Å². The van der Waals surface area contributed by atoms with Gasteiger partial charge in [0.2, 0.25) is 0 Å². The van der Waals surface area contributed by atoms with Crippen molar-refractivity contribution in [2.24, 2.45) is 0 Å². The van der Waals surface area contributed by atoms with E-state index in [0.29, 0.717) is 17.3 Å². The number of likely N-dealkylation sites (N-methyl/N-ethyl adjacent to an activating group) is 1. The van der Waals surface area contributed by atoms with Gasteiger partial charge < -0.3 is 15.4 Å². The lowest BCUT2D eigenvalue weighted by atomic mass is 10.3. The lowest BCUT2D eigenvalue weighted by Gasteiger charge is -2.13. The van der Waals surface area contributed by atoms with Gasteiger partial charge >= 0.3 is 0 Å². The Labute approximate surface area is 125 Å². The molecule has 0 radical (unpaired) electrons. The van der Waals surface area contributed by atoms with Crippen LogP contribution in [0.25, 0.3) is 0 Å². The summed E-state index contributed by atoms with van der Waals surface area (Å²) in [6, 6.07) is 7.17. The molecule has 0 aliphatic heterocycles. The van der Waals surface area contributed by atoms with Crippen LogP contribution in [-0.2, 0) is 4.79 Å². The van der Waals surface area contributed by atoms with Gasteiger partial charge in [-0.25, -0.2) is 0 Å². The summed E-state index contributed by atoms with van der Waals surface area (Å²) in [4.78, 5) is 11.5. The molecule has 1 aromatic carbocycles. The Kier molecular flexibility index (Phi) is 9.39. The Morgan fingerprint density at radius 2 is 2.00 bits per heavy atom. The van der Waals surface area contributed by atoms with E-state index in [9.17, 15) is 4.79 Å². The molecule has 6 heteroatoms. The summed E-state index contributed by atoms with van der Waals surface area (Å²) >= 11 is 5.75. The molecule has 0 fully saturated rings. The number of amides is 1. The number of carbonyl (C=O) groups excluding carboxylic acids is 1. The molecule has 1 amide bonds. The zero-order valence-corrected chi connectivity index (χ0v) is 12.7. The number of rotatable bonds is 7. The molecule has 0 bridgehead atoms. The smallest absolute Gasteiger partial charge is 0.257 e. The summed E-state index contributed by atoms with van der Waals surface area (Å²) in [5.74, 6) is 0.504. The maximum absolute atomic E-state index is 11.5. The molecule has 19 heavy (non-hydrogen) atoms. The van der Waals surface area contributed by atoms with Crippen molar-refractivity contribution < 1.29 is 9.53 Å². The van der Waals surface area contributed by atoms with Crippen molar-refractivity contribution in [1.29, 1.82) is 0 Å². The van der Waals surface area contributed by atoms with Crippen molar-refractivity contribution in [1.82, 2.24) is 10.6 Å². The van der Waals surface area contributed by atoms with E-state index in [0.717, 1.165) is 6.54 Å². The van der Waals surface area contributed by atoms with E-state index >= 15 is 0 Å². The summed E-state index contributed by atoms with van der Waals surface area (Å²) < 4.78 is 5.32. The van der Waals surface area contributed by atoms with Crippen molar-refractivity contribution >= 4 is 29.9 Å². The molecule has 1 atom stereocenters. The number of ether oxygens (including phenoxy) is 1. The maximum atomic E-state index is 11.5. The van der Waals surface area contributed by atoms with Crippen LogP contribution in [0.1, 0.15) is 13.8 Å². The lowest BCUT2D eigenvalue weighted by Crippen LogP contribution is -2.40. The summed E-state index contributed by atoms with van der Waals surface area (Å²) in [7, 11) is 0. The van der Waals surface area contributed by atoms with E-state index < -0.39 is 0 Å². The van der Waals surface area contributed by atoms with E-state index in [1.165, 1.54) is 0 Å². The van der Waals surface area contributed by atoms with Gasteiger partial charge in [0.05, 0.1) is 0 Å². The number of benzene rings is 1. The summed E-state index contributed by atoms with van der Waals surface area (Å²) in [6.07, 6.45) is 0. The highest BCUT2D eigenvalue weighted by molar-refractivity contribution is 6.30. The van der Waals surface area contributed by atoms with E-state index in [4.69, 9.17) is 16.3 Å². The van der Waals surface area contributed by atoms with Crippen LogP contribution in [0, 0.1) is 0 Å². The van der Waals surface area contributed by atoms with Crippen LogP contribution in [0.15, 0.2) is 24.3 Å². The Morgan fingerprint density at radius 1 is 1.37 bits per heavy atom. The van der Waals surface area contributed by atoms with E-state index in [1.54, 1.807) is 24.3 Å². The normalized spacial score (nSPS) is 11.3. The molecule has 0 saturated carbocycles. The highest BCUT2D eigenvalue weighted by Crippen LogP contribution is 2.15. The average molecular weight is 307 g/mol. The van der Waals surface area contributed by atoms with Gasteiger partial charge in [-0.3, -0.25) is 4.79 Å². The molecule has 0 unspecified atom stereocenters. The van der Waals surface area contributed by atoms with Crippen LogP contribution in [0.2, 0.25) is 5.02 Å². The average Bonchev–Trinajstić information content (AvgIpc) is 2.36. The van der Waals surface area contributed by atoms with Crippen molar-refractivity contribution in [2.75, 3.05) is 19.7 Å². The monoisotopic (exact) mass is 306 g/mol. The van der Waals surface area contributed by atoms with Crippen LogP contribution in [0.3, 0.4) is 0 Å². The van der Waals surface area contributed by atoms with Gasteiger partial charge in [-0.05, 0) is 37.7 Å². The molecule has 0 aliphatic carbocycles. The number of hydrogen-bond acceptors (Lipinski definition) is 3. The van der Waals surface area contributed by atoms with Crippen molar-refractivity contribution in [3.8, 4) is 5.75 Å². The fourth-order valence-electron chi connectivity index (χ4n) is 1.42. The third-order valence-electron chi connectivity index (χ3n) is 2.34. The fourth-order valence-corrected chi connectivity index (χ4v) is 1.54. The predicted octanol–water partition coefficient (Wildman–Crippen LogP) is 2.25. The molecule has 0 aromatic heterocycles. The highest BCUT2D eigenvalue weighted by atomic mass is 35.5. The molecule has 0 spiro atoms. The minimum absolute atomic E-state index is 0. The Balaban J connectivity index is 0.00000324. The first-order valence-electron chi connectivity index (χ1n) is 6.00. The molecule has 108 valence electrons. The van der Waals surface area contributed by atoms with Crippen LogP contribution < -0.4 is 15.4 Å². The molecule has 0 heterocycles. The first-order chi connectivity index (χ1) is 8.61. The van der Waals surface area contributed by atoms with E-state index in [1.807, 2.05) is 13.8 Å². The Hall–Kier alpha value is -0.970. The second kappa shape index (κ2) is 9.89. The topological polar surface area (TPSA) is 50.4 Å². The maximum Gasteiger partial charge on any atom is 0.257 e. The molecule has 4 nitrogen and oxygen atoms in total. The van der Waals surface area contributed by atoms with Gasteiger partial charge in [-0.2, -0.15) is 0 Å². The standard InChI is InChI=1S/C13H19ClN2O2.ClH/c1-3-15-10(2)8-16-13(17)9-18-12-6-4-11(14)5-7-12;/h4-7,10,15H,3,8-9H2,1-2H3,(H,16,17);1H/t10-;/m1./s1. The number of hydrogen-bond donors (Lipinski definition) is 2. The van der Waals surface area contributed by atoms with Gasteiger partial charge in [-0.1, -0.05) is 18.5 Å². The first kappa shape index (κ1) is 18.0. The third kappa shape index (κ3) is 7.93. The molecule has 0 aliphatic rings. The highest BCUT2D eigenvalue weighted by Gasteiger charge is 2.05. The van der Waals surface area contributed by atoms with E-state index in [-0.39, 0.29) is 31.0 Å². The lowest BCUT2D eigenvalue weighted by molar-refractivity contribution is -0.123. The number of nitrogens with one attached hydrogen (secondary N) is 2. The second-order valence-electron chi connectivity index (χ2n) is 4.01. The summed E-state index contributed by atoms with van der Waals surface area (Å²) in [5.41, 5.74) is 0. The van der Waals surface area contributed by atoms with Crippen LogP contribution in [0.5, 0.6) is 5.75 Å². The van der Waals surface area contributed by atoms with Gasteiger partial charge in [-0.15, -0.1) is 12.4 Å². The summed E-state index contributed by atoms with van der Waals surface area (Å²) in [5, 5.41) is 6.65. The van der Waals surface area contributed by atoms with Gasteiger partial charge in [0.25, 0.3) is 5.91 Å². The summed E-state index contributed by atoms with van der Waals surface area (Å²) in [6.45, 7) is 5.54. The van der Waals surface area contributed by atoms with E-state index in [2.05, 4.69) is 10.6 Å². The van der Waals surface area contributed by atoms with Crippen LogP contribution in [0.4, 0.5) is 0 Å². The molecular formula is C13H20Cl2N2O2. The van der Waals surface area contributed by atoms with Crippen molar-refractivity contribution in [3.05, 3.63) is 29.3 Å². The van der Waals surface area contributed by atoms with Gasteiger partial charge in [0.15, 0.2) is 6.61 Å².